The molecular weight excluding hydrogens is 587 g/mol. The summed E-state index contributed by atoms with van der Waals surface area (Å²) in [5.41, 5.74) is 8.49. The molecule has 3 aromatic heterocycles. The second-order valence-corrected chi connectivity index (χ2v) is 13.5. The van der Waals surface area contributed by atoms with E-state index in [-0.39, 0.29) is 11.2 Å². The summed E-state index contributed by atoms with van der Waals surface area (Å²) in [5.74, 6) is 1.04. The number of thiazole rings is 1. The lowest BCUT2D eigenvalue weighted by molar-refractivity contribution is 0.476. The molecule has 1 N–H and O–H groups in total. The molecule has 0 aliphatic rings. The van der Waals surface area contributed by atoms with Crippen LogP contribution in [0.4, 0.5) is 17.2 Å². The van der Waals surface area contributed by atoms with Gasteiger partial charge in [-0.25, -0.2) is 9.97 Å². The standard InChI is InChI=1S/C40H31N3O2S/c1-40(2,3)26-20-21-32(44)30(24-26)39-42-38-28(14-9-18-35(38)46-39)25-11-8-12-27(23-25)43(36-19-6-7-22-41-36)31-15-10-17-34-37(31)29-13-4-5-16-33(29)45-34/h4-24,44H,1-3H3. The van der Waals surface area contributed by atoms with E-state index in [1.54, 1.807) is 17.4 Å². The molecule has 8 aromatic rings. The highest BCUT2D eigenvalue weighted by Gasteiger charge is 2.22. The van der Waals surface area contributed by atoms with Crippen LogP contribution in [0.15, 0.2) is 132 Å². The minimum absolute atomic E-state index is 0.0444. The lowest BCUT2D eigenvalue weighted by atomic mass is 9.86. The molecule has 0 radical (unpaired) electrons. The number of aromatic hydroxyl groups is 1. The third-order valence-electron chi connectivity index (χ3n) is 8.43. The van der Waals surface area contributed by atoms with Crippen molar-refractivity contribution >= 4 is 60.7 Å². The third-order valence-corrected chi connectivity index (χ3v) is 9.48. The lowest BCUT2D eigenvalue weighted by Gasteiger charge is -2.25. The Morgan fingerprint density at radius 3 is 2.39 bits per heavy atom. The Morgan fingerprint density at radius 2 is 1.54 bits per heavy atom. The number of anilines is 3. The Labute approximate surface area is 271 Å². The number of nitrogens with zero attached hydrogens (tertiary/aromatic N) is 3. The number of pyridine rings is 1. The molecule has 0 aliphatic heterocycles. The highest BCUT2D eigenvalue weighted by molar-refractivity contribution is 7.21. The minimum atomic E-state index is -0.0444. The average Bonchev–Trinajstić information content (AvgIpc) is 3.67. The van der Waals surface area contributed by atoms with Crippen molar-refractivity contribution in [1.82, 2.24) is 9.97 Å². The van der Waals surface area contributed by atoms with Crippen molar-refractivity contribution in [3.8, 4) is 27.4 Å². The topological polar surface area (TPSA) is 62.4 Å². The van der Waals surface area contributed by atoms with Crippen molar-refractivity contribution in [2.24, 2.45) is 0 Å². The molecule has 0 unspecified atom stereocenters. The highest BCUT2D eigenvalue weighted by Crippen LogP contribution is 2.44. The summed E-state index contributed by atoms with van der Waals surface area (Å²) in [6.45, 7) is 6.53. The van der Waals surface area contributed by atoms with E-state index in [0.29, 0.717) is 0 Å². The average molecular weight is 618 g/mol. The van der Waals surface area contributed by atoms with Crippen LogP contribution in [-0.2, 0) is 5.41 Å². The number of rotatable bonds is 5. The van der Waals surface area contributed by atoms with Gasteiger partial charge < -0.3 is 9.52 Å². The number of hydrogen-bond donors (Lipinski definition) is 1. The van der Waals surface area contributed by atoms with Crippen LogP contribution < -0.4 is 4.90 Å². The van der Waals surface area contributed by atoms with E-state index in [1.807, 2.05) is 60.8 Å². The van der Waals surface area contributed by atoms with Gasteiger partial charge in [-0.05, 0) is 77.2 Å². The van der Waals surface area contributed by atoms with Gasteiger partial charge in [0.25, 0.3) is 0 Å². The predicted octanol–water partition coefficient (Wildman–Crippen LogP) is 11.4. The zero-order chi connectivity index (χ0) is 31.4. The quantitative estimate of drug-likeness (QED) is 0.208. The second kappa shape index (κ2) is 10.9. The number of aromatic nitrogens is 2. The van der Waals surface area contributed by atoms with E-state index in [9.17, 15) is 5.11 Å². The Kier molecular flexibility index (Phi) is 6.62. The van der Waals surface area contributed by atoms with Crippen molar-refractivity contribution in [1.29, 1.82) is 0 Å². The number of phenols is 1. The van der Waals surface area contributed by atoms with Crippen molar-refractivity contribution in [3.63, 3.8) is 0 Å². The molecule has 5 aromatic carbocycles. The third kappa shape index (κ3) is 4.78. The fourth-order valence-corrected chi connectivity index (χ4v) is 7.12. The summed E-state index contributed by atoms with van der Waals surface area (Å²) < 4.78 is 7.32. The first-order chi connectivity index (χ1) is 22.3. The Bertz CT molecular complexity index is 2380. The Morgan fingerprint density at radius 1 is 0.739 bits per heavy atom. The van der Waals surface area contributed by atoms with E-state index in [4.69, 9.17) is 14.4 Å². The lowest BCUT2D eigenvalue weighted by Crippen LogP contribution is -2.11. The number of phenolic OH excluding ortho intramolecular Hbond substituents is 1. The van der Waals surface area contributed by atoms with Crippen molar-refractivity contribution in [2.45, 2.75) is 26.2 Å². The zero-order valence-corrected chi connectivity index (χ0v) is 26.5. The second-order valence-electron chi connectivity index (χ2n) is 12.5. The van der Waals surface area contributed by atoms with Crippen LogP contribution in [0.2, 0.25) is 0 Å². The van der Waals surface area contributed by atoms with Crippen molar-refractivity contribution in [2.75, 3.05) is 4.90 Å². The number of hydrogen-bond acceptors (Lipinski definition) is 6. The first-order valence-electron chi connectivity index (χ1n) is 15.3. The summed E-state index contributed by atoms with van der Waals surface area (Å²) in [4.78, 5) is 12.1. The molecule has 224 valence electrons. The van der Waals surface area contributed by atoms with Crippen LogP contribution in [0.25, 0.3) is 53.9 Å². The monoisotopic (exact) mass is 617 g/mol. The summed E-state index contributed by atoms with van der Waals surface area (Å²) in [6, 6.07) is 40.9. The number of para-hydroxylation sites is 2. The van der Waals surface area contributed by atoms with Gasteiger partial charge in [0.05, 0.1) is 26.9 Å². The molecule has 0 saturated heterocycles. The van der Waals surface area contributed by atoms with Gasteiger partial charge in [0.1, 0.15) is 27.7 Å². The molecule has 0 spiro atoms. The molecule has 5 nitrogen and oxygen atoms in total. The predicted molar refractivity (Wildman–Crippen MR) is 191 cm³/mol. The maximum Gasteiger partial charge on any atom is 0.137 e. The first-order valence-corrected chi connectivity index (χ1v) is 16.1. The fraction of sp³-hybridized carbons (Fsp3) is 0.100. The maximum absolute atomic E-state index is 10.9. The summed E-state index contributed by atoms with van der Waals surface area (Å²) in [7, 11) is 0. The SMILES string of the molecule is CC(C)(C)c1ccc(O)c(-c2nc3c(-c4cccc(N(c5ccccn5)c5cccc6oc7ccccc7c56)c4)cccc3s2)c1. The molecule has 3 heterocycles. The molecule has 46 heavy (non-hydrogen) atoms. The smallest absolute Gasteiger partial charge is 0.137 e. The molecule has 0 saturated carbocycles. The first kappa shape index (κ1) is 28.0. The van der Waals surface area contributed by atoms with E-state index in [2.05, 4.69) is 86.3 Å². The van der Waals surface area contributed by atoms with Crippen LogP contribution in [-0.4, -0.2) is 15.1 Å². The molecule has 0 aliphatic carbocycles. The van der Waals surface area contributed by atoms with Crippen LogP contribution in [0, 0.1) is 0 Å². The van der Waals surface area contributed by atoms with Crippen LogP contribution in [0.5, 0.6) is 5.75 Å². The summed E-state index contributed by atoms with van der Waals surface area (Å²) in [5, 5.41) is 13.8. The molecule has 0 amide bonds. The number of furan rings is 1. The van der Waals surface area contributed by atoms with Gasteiger partial charge in [-0.15, -0.1) is 11.3 Å². The molecule has 6 heteroatoms. The molecule has 8 rings (SSSR count). The van der Waals surface area contributed by atoms with E-state index in [0.717, 1.165) is 76.6 Å². The fourth-order valence-electron chi connectivity index (χ4n) is 6.11. The van der Waals surface area contributed by atoms with Gasteiger partial charge in [-0.2, -0.15) is 0 Å². The molecule has 0 atom stereocenters. The molecular formula is C40H31N3O2S. The summed E-state index contributed by atoms with van der Waals surface area (Å²) >= 11 is 1.60. The number of fused-ring (bicyclic) bond motifs is 4. The van der Waals surface area contributed by atoms with E-state index < -0.39 is 0 Å². The minimum Gasteiger partial charge on any atom is -0.507 e. The van der Waals surface area contributed by atoms with E-state index >= 15 is 0 Å². The van der Waals surface area contributed by atoms with Crippen LogP contribution in [0.3, 0.4) is 0 Å². The van der Waals surface area contributed by atoms with Gasteiger partial charge in [0.15, 0.2) is 0 Å². The zero-order valence-electron chi connectivity index (χ0n) is 25.7. The van der Waals surface area contributed by atoms with Gasteiger partial charge in [-0.1, -0.05) is 81.4 Å². The Hall–Kier alpha value is -5.46. The Balaban J connectivity index is 1.29. The van der Waals surface area contributed by atoms with Crippen LogP contribution in [0.1, 0.15) is 26.3 Å². The molecule has 0 bridgehead atoms. The highest BCUT2D eigenvalue weighted by atomic mass is 32.1. The normalized spacial score (nSPS) is 11.9. The van der Waals surface area contributed by atoms with Gasteiger partial charge in [0.2, 0.25) is 0 Å². The van der Waals surface area contributed by atoms with Gasteiger partial charge in [0, 0.05) is 22.8 Å². The largest absolute Gasteiger partial charge is 0.507 e. The van der Waals surface area contributed by atoms with Crippen molar-refractivity contribution < 1.29 is 9.52 Å². The van der Waals surface area contributed by atoms with Gasteiger partial charge >= 0.3 is 0 Å². The van der Waals surface area contributed by atoms with Crippen LogP contribution >= 0.6 is 11.3 Å². The van der Waals surface area contributed by atoms with Gasteiger partial charge in [-0.3, -0.25) is 4.90 Å². The maximum atomic E-state index is 10.9. The number of benzene rings is 5. The van der Waals surface area contributed by atoms with E-state index in [1.165, 1.54) is 0 Å². The molecule has 0 fully saturated rings. The summed E-state index contributed by atoms with van der Waals surface area (Å²) in [6.07, 6.45) is 1.82. The van der Waals surface area contributed by atoms with Crippen molar-refractivity contribution in [3.05, 3.63) is 133 Å².